The lowest BCUT2D eigenvalue weighted by Crippen LogP contribution is -2.42. The summed E-state index contributed by atoms with van der Waals surface area (Å²) in [5, 5.41) is 9.31. The van der Waals surface area contributed by atoms with Crippen LogP contribution < -0.4 is 4.90 Å². The summed E-state index contributed by atoms with van der Waals surface area (Å²) in [5.74, 6) is -0.402. The summed E-state index contributed by atoms with van der Waals surface area (Å²) < 4.78 is 5.90. The molecule has 0 aromatic carbocycles. The number of hydrogen-bond acceptors (Lipinski definition) is 5. The Bertz CT molecular complexity index is 1030. The van der Waals surface area contributed by atoms with Crippen molar-refractivity contribution < 1.29 is 19.4 Å². The van der Waals surface area contributed by atoms with E-state index in [1.165, 1.54) is 6.20 Å². The van der Waals surface area contributed by atoms with Crippen LogP contribution in [0.5, 0.6) is 0 Å². The molecule has 8 heteroatoms. The minimum absolute atomic E-state index is 0.0396. The minimum Gasteiger partial charge on any atom is -0.478 e. The van der Waals surface area contributed by atoms with Crippen LogP contribution in [0.25, 0.3) is 0 Å². The monoisotopic (exact) mass is 425 g/mol. The van der Waals surface area contributed by atoms with Crippen molar-refractivity contribution in [2.24, 2.45) is 0 Å². The molecule has 1 spiro atoms. The van der Waals surface area contributed by atoms with Crippen molar-refractivity contribution >= 4 is 25.8 Å². The number of hydrogen-bond donors (Lipinski definition) is 1. The van der Waals surface area contributed by atoms with Crippen molar-refractivity contribution in [2.45, 2.75) is 50.9 Å². The molecule has 0 saturated carbocycles. The summed E-state index contributed by atoms with van der Waals surface area (Å²) in [4.78, 5) is 35.6. The smallest absolute Gasteiger partial charge is 0.337 e. The fraction of sp³-hybridized carbons (Fsp3) is 0.455. The van der Waals surface area contributed by atoms with Crippen LogP contribution in [0.4, 0.5) is 5.82 Å². The SMILES string of the molecule is Cc1ccnc2c1[C@@]1(Cc3cc(C(=O)O)cnc3C1)C(=O)N2COCC[Si](C)(C)C. The van der Waals surface area contributed by atoms with E-state index in [9.17, 15) is 14.7 Å². The third-order valence-electron chi connectivity index (χ3n) is 6.01. The van der Waals surface area contributed by atoms with Crippen LogP contribution in [0.2, 0.25) is 25.7 Å². The van der Waals surface area contributed by atoms with E-state index in [2.05, 4.69) is 29.6 Å². The summed E-state index contributed by atoms with van der Waals surface area (Å²) in [6.07, 6.45) is 3.97. The van der Waals surface area contributed by atoms with Crippen LogP contribution in [0.3, 0.4) is 0 Å². The van der Waals surface area contributed by atoms with Gasteiger partial charge in [0.05, 0.1) is 11.0 Å². The molecular weight excluding hydrogens is 398 g/mol. The number of amides is 1. The lowest BCUT2D eigenvalue weighted by atomic mass is 9.78. The Morgan fingerprint density at radius 3 is 2.77 bits per heavy atom. The van der Waals surface area contributed by atoms with Crippen molar-refractivity contribution in [1.29, 1.82) is 0 Å². The number of aromatic nitrogens is 2. The quantitative estimate of drug-likeness (QED) is 0.564. The molecule has 158 valence electrons. The van der Waals surface area contributed by atoms with Gasteiger partial charge >= 0.3 is 5.97 Å². The third kappa shape index (κ3) is 3.44. The highest BCUT2D eigenvalue weighted by atomic mass is 28.3. The lowest BCUT2D eigenvalue weighted by Gasteiger charge is -2.24. The Labute approximate surface area is 177 Å². The van der Waals surface area contributed by atoms with Crippen LogP contribution >= 0.6 is 0 Å². The molecule has 1 amide bonds. The average molecular weight is 426 g/mol. The molecule has 0 saturated heterocycles. The van der Waals surface area contributed by atoms with Gasteiger partial charge in [0, 0.05) is 44.8 Å². The Morgan fingerprint density at radius 2 is 2.07 bits per heavy atom. The van der Waals surface area contributed by atoms with E-state index in [0.29, 0.717) is 25.3 Å². The average Bonchev–Trinajstić information content (AvgIpc) is 3.15. The second-order valence-electron chi connectivity index (χ2n) is 9.48. The fourth-order valence-corrected chi connectivity index (χ4v) is 5.18. The Hall–Kier alpha value is -2.58. The molecular formula is C22H27N3O4Si. The number of ether oxygens (including phenoxy) is 1. The number of carbonyl (C=O) groups excluding carboxylic acids is 1. The molecule has 2 aliphatic rings. The Morgan fingerprint density at radius 1 is 1.30 bits per heavy atom. The van der Waals surface area contributed by atoms with E-state index in [-0.39, 0.29) is 18.2 Å². The van der Waals surface area contributed by atoms with Gasteiger partial charge in [-0.3, -0.25) is 14.7 Å². The van der Waals surface area contributed by atoms with E-state index in [1.54, 1.807) is 17.2 Å². The van der Waals surface area contributed by atoms with Gasteiger partial charge in [-0.2, -0.15) is 0 Å². The third-order valence-corrected chi connectivity index (χ3v) is 7.72. The molecule has 2 aromatic heterocycles. The summed E-state index contributed by atoms with van der Waals surface area (Å²) >= 11 is 0. The lowest BCUT2D eigenvalue weighted by molar-refractivity contribution is -0.124. The molecule has 0 bridgehead atoms. The first kappa shape index (κ1) is 20.7. The summed E-state index contributed by atoms with van der Waals surface area (Å²) in [7, 11) is -1.22. The predicted molar refractivity (Wildman–Crippen MR) is 116 cm³/mol. The zero-order chi connectivity index (χ0) is 21.7. The van der Waals surface area contributed by atoms with E-state index >= 15 is 0 Å². The molecule has 1 N–H and O–H groups in total. The van der Waals surface area contributed by atoms with Gasteiger partial charge in [-0.25, -0.2) is 9.78 Å². The van der Waals surface area contributed by atoms with Crippen LogP contribution in [0.1, 0.15) is 32.7 Å². The van der Waals surface area contributed by atoms with E-state index < -0.39 is 19.5 Å². The molecule has 1 aliphatic carbocycles. The van der Waals surface area contributed by atoms with Crippen molar-refractivity contribution in [1.82, 2.24) is 9.97 Å². The maximum absolute atomic E-state index is 13.7. The second kappa shape index (κ2) is 7.28. The number of rotatable bonds is 6. The highest BCUT2D eigenvalue weighted by molar-refractivity contribution is 6.76. The zero-order valence-electron chi connectivity index (χ0n) is 17.9. The molecule has 4 rings (SSSR count). The van der Waals surface area contributed by atoms with E-state index in [1.807, 2.05) is 13.0 Å². The van der Waals surface area contributed by atoms with Gasteiger partial charge in [0.1, 0.15) is 12.5 Å². The van der Waals surface area contributed by atoms with Crippen LogP contribution in [0, 0.1) is 6.92 Å². The largest absolute Gasteiger partial charge is 0.478 e. The number of carbonyl (C=O) groups is 2. The number of anilines is 1. The number of pyridine rings is 2. The number of aryl methyl sites for hydroxylation is 1. The summed E-state index contributed by atoms with van der Waals surface area (Å²) in [6, 6.07) is 4.59. The van der Waals surface area contributed by atoms with Gasteiger partial charge in [0.15, 0.2) is 0 Å². The molecule has 3 heterocycles. The normalized spacial score (nSPS) is 20.0. The number of fused-ring (bicyclic) bond motifs is 3. The first-order chi connectivity index (χ1) is 14.1. The topological polar surface area (TPSA) is 92.6 Å². The Kier molecular flexibility index (Phi) is 5.02. The van der Waals surface area contributed by atoms with Gasteiger partial charge in [-0.15, -0.1) is 0 Å². The highest BCUT2D eigenvalue weighted by Crippen LogP contribution is 2.50. The minimum atomic E-state index is -1.22. The summed E-state index contributed by atoms with van der Waals surface area (Å²) in [6.45, 7) is 9.67. The number of aromatic carboxylic acids is 1. The first-order valence-corrected chi connectivity index (χ1v) is 13.9. The first-order valence-electron chi connectivity index (χ1n) is 10.2. The van der Waals surface area contributed by atoms with Crippen molar-refractivity contribution in [3.63, 3.8) is 0 Å². The van der Waals surface area contributed by atoms with Crippen LogP contribution in [-0.2, 0) is 27.8 Å². The molecule has 2 aromatic rings. The Balaban J connectivity index is 1.65. The van der Waals surface area contributed by atoms with Gasteiger partial charge in [0.25, 0.3) is 0 Å². The van der Waals surface area contributed by atoms with Crippen molar-refractivity contribution in [2.75, 3.05) is 18.2 Å². The molecule has 1 atom stereocenters. The maximum Gasteiger partial charge on any atom is 0.337 e. The maximum atomic E-state index is 13.7. The standard InChI is InChI=1S/C22H27N3O4Si/c1-14-5-6-23-19-18(14)22(21(28)25(19)13-29-7-8-30(2,3)4)10-15-9-16(20(26)27)12-24-17(15)11-22/h5-6,9,12H,7-8,10-11,13H2,1-4H3,(H,26,27)/t22-/m0/s1. The number of nitrogens with zero attached hydrogens (tertiary/aromatic N) is 3. The number of carboxylic acid groups (broad SMARTS) is 1. The van der Waals surface area contributed by atoms with Crippen LogP contribution in [0.15, 0.2) is 24.5 Å². The summed E-state index contributed by atoms with van der Waals surface area (Å²) in [5.41, 5.74) is 2.87. The molecule has 0 unspecified atom stereocenters. The molecule has 0 fully saturated rings. The number of carboxylic acids is 1. The predicted octanol–water partition coefficient (Wildman–Crippen LogP) is 3.18. The molecule has 7 nitrogen and oxygen atoms in total. The van der Waals surface area contributed by atoms with Crippen LogP contribution in [-0.4, -0.2) is 48.4 Å². The zero-order valence-corrected chi connectivity index (χ0v) is 18.9. The molecule has 1 aliphatic heterocycles. The van der Waals surface area contributed by atoms with Crippen molar-refractivity contribution in [3.05, 3.63) is 52.5 Å². The van der Waals surface area contributed by atoms with Gasteiger partial charge in [-0.1, -0.05) is 19.6 Å². The molecule has 30 heavy (non-hydrogen) atoms. The molecule has 0 radical (unpaired) electrons. The fourth-order valence-electron chi connectivity index (χ4n) is 4.42. The second-order valence-corrected chi connectivity index (χ2v) is 15.1. The van der Waals surface area contributed by atoms with Gasteiger partial charge in [0.2, 0.25) is 5.91 Å². The van der Waals surface area contributed by atoms with E-state index in [0.717, 1.165) is 28.4 Å². The van der Waals surface area contributed by atoms with Gasteiger partial charge < -0.3 is 9.84 Å². The van der Waals surface area contributed by atoms with Gasteiger partial charge in [-0.05, 0) is 42.6 Å². The highest BCUT2D eigenvalue weighted by Gasteiger charge is 2.56. The van der Waals surface area contributed by atoms with E-state index in [4.69, 9.17) is 4.74 Å². The van der Waals surface area contributed by atoms with Crippen molar-refractivity contribution in [3.8, 4) is 0 Å².